The molecular formula is C13H18FNO. The zero-order chi connectivity index (χ0) is 11.5. The predicted molar refractivity (Wildman–Crippen MR) is 61.7 cm³/mol. The monoisotopic (exact) mass is 223 g/mol. The molecule has 1 unspecified atom stereocenters. The van der Waals surface area contributed by atoms with E-state index in [0.717, 1.165) is 30.5 Å². The van der Waals surface area contributed by atoms with E-state index in [0.29, 0.717) is 6.54 Å². The largest absolute Gasteiger partial charge is 0.395 e. The van der Waals surface area contributed by atoms with Gasteiger partial charge in [0.2, 0.25) is 0 Å². The summed E-state index contributed by atoms with van der Waals surface area (Å²) in [4.78, 5) is 2.16. The standard InChI is InChI=1S/C13H18FNO/c1-10-4-5-13(14)11(7-10)8-15-6-2-3-12(15)9-16/h4-5,7,12,16H,2-3,6,8-9H2,1H3. The van der Waals surface area contributed by atoms with Gasteiger partial charge >= 0.3 is 0 Å². The van der Waals surface area contributed by atoms with Crippen molar-refractivity contribution in [1.82, 2.24) is 4.90 Å². The van der Waals surface area contributed by atoms with Crippen LogP contribution < -0.4 is 0 Å². The van der Waals surface area contributed by atoms with Crippen molar-refractivity contribution in [1.29, 1.82) is 0 Å². The van der Waals surface area contributed by atoms with Gasteiger partial charge in [-0.3, -0.25) is 4.90 Å². The molecule has 2 nitrogen and oxygen atoms in total. The van der Waals surface area contributed by atoms with Crippen molar-refractivity contribution in [3.05, 3.63) is 35.1 Å². The third-order valence-electron chi connectivity index (χ3n) is 3.28. The number of aryl methyl sites for hydroxylation is 1. The lowest BCUT2D eigenvalue weighted by Crippen LogP contribution is -2.31. The fourth-order valence-corrected chi connectivity index (χ4v) is 2.35. The Kier molecular flexibility index (Phi) is 3.56. The van der Waals surface area contributed by atoms with Crippen LogP contribution in [0.3, 0.4) is 0 Å². The SMILES string of the molecule is Cc1ccc(F)c(CN2CCCC2CO)c1. The molecule has 0 spiro atoms. The van der Waals surface area contributed by atoms with Crippen molar-refractivity contribution in [3.8, 4) is 0 Å². The lowest BCUT2D eigenvalue weighted by Gasteiger charge is -2.23. The first-order valence-corrected chi connectivity index (χ1v) is 5.80. The summed E-state index contributed by atoms with van der Waals surface area (Å²) < 4.78 is 13.6. The van der Waals surface area contributed by atoms with E-state index in [1.807, 2.05) is 13.0 Å². The molecule has 1 atom stereocenters. The Morgan fingerprint density at radius 3 is 3.06 bits per heavy atom. The van der Waals surface area contributed by atoms with Gasteiger partial charge in [-0.25, -0.2) is 4.39 Å². The second kappa shape index (κ2) is 4.93. The second-order valence-electron chi connectivity index (χ2n) is 4.54. The van der Waals surface area contributed by atoms with Gasteiger partial charge in [0.15, 0.2) is 0 Å². The zero-order valence-electron chi connectivity index (χ0n) is 9.62. The van der Waals surface area contributed by atoms with Crippen LogP contribution >= 0.6 is 0 Å². The van der Waals surface area contributed by atoms with Gasteiger partial charge < -0.3 is 5.11 Å². The average Bonchev–Trinajstić information content (AvgIpc) is 2.71. The summed E-state index contributed by atoms with van der Waals surface area (Å²) in [5.74, 6) is -0.144. The number of halogens is 1. The number of hydrogen-bond donors (Lipinski definition) is 1. The molecule has 0 radical (unpaired) electrons. The Morgan fingerprint density at radius 2 is 2.31 bits per heavy atom. The molecule has 1 aliphatic heterocycles. The summed E-state index contributed by atoms with van der Waals surface area (Å²) in [5.41, 5.74) is 1.82. The quantitative estimate of drug-likeness (QED) is 0.848. The van der Waals surface area contributed by atoms with Crippen molar-refractivity contribution in [2.45, 2.75) is 32.4 Å². The highest BCUT2D eigenvalue weighted by Crippen LogP contribution is 2.21. The summed E-state index contributed by atoms with van der Waals surface area (Å²) in [6, 6.07) is 5.41. The van der Waals surface area contributed by atoms with Crippen molar-refractivity contribution in [3.63, 3.8) is 0 Å². The average molecular weight is 223 g/mol. The van der Waals surface area contributed by atoms with E-state index in [1.165, 1.54) is 6.07 Å². The van der Waals surface area contributed by atoms with Gasteiger partial charge in [0.25, 0.3) is 0 Å². The van der Waals surface area contributed by atoms with Gasteiger partial charge in [0.05, 0.1) is 6.61 Å². The topological polar surface area (TPSA) is 23.5 Å². The molecule has 3 heteroatoms. The molecule has 1 aromatic rings. The van der Waals surface area contributed by atoms with Gasteiger partial charge in [-0.1, -0.05) is 17.7 Å². The maximum atomic E-state index is 13.6. The molecule has 0 aromatic heterocycles. The third kappa shape index (κ3) is 2.42. The van der Waals surface area contributed by atoms with Crippen molar-refractivity contribution < 1.29 is 9.50 Å². The Balaban J connectivity index is 2.11. The molecule has 2 rings (SSSR count). The van der Waals surface area contributed by atoms with Gasteiger partial charge in [-0.05, 0) is 32.4 Å². The van der Waals surface area contributed by atoms with E-state index >= 15 is 0 Å². The van der Waals surface area contributed by atoms with E-state index in [-0.39, 0.29) is 18.5 Å². The molecule has 1 aliphatic rings. The summed E-state index contributed by atoms with van der Waals surface area (Å²) in [6.07, 6.45) is 2.11. The molecule has 0 aliphatic carbocycles. The minimum Gasteiger partial charge on any atom is -0.395 e. The number of benzene rings is 1. The molecule has 0 bridgehead atoms. The minimum absolute atomic E-state index is 0.144. The second-order valence-corrected chi connectivity index (χ2v) is 4.54. The smallest absolute Gasteiger partial charge is 0.127 e. The maximum Gasteiger partial charge on any atom is 0.127 e. The minimum atomic E-state index is -0.144. The zero-order valence-corrected chi connectivity index (χ0v) is 9.62. The first kappa shape index (κ1) is 11.6. The van der Waals surface area contributed by atoms with Crippen LogP contribution in [0.5, 0.6) is 0 Å². The molecule has 1 aromatic carbocycles. The lowest BCUT2D eigenvalue weighted by atomic mass is 10.1. The van der Waals surface area contributed by atoms with E-state index in [1.54, 1.807) is 6.07 Å². The summed E-state index contributed by atoms with van der Waals surface area (Å²) in [7, 11) is 0. The Hall–Kier alpha value is -0.930. The Morgan fingerprint density at radius 1 is 1.50 bits per heavy atom. The summed E-state index contributed by atoms with van der Waals surface area (Å²) in [5, 5.41) is 9.20. The van der Waals surface area contributed by atoms with E-state index < -0.39 is 0 Å². The maximum absolute atomic E-state index is 13.6. The highest BCUT2D eigenvalue weighted by molar-refractivity contribution is 5.24. The molecule has 88 valence electrons. The molecule has 16 heavy (non-hydrogen) atoms. The normalized spacial score (nSPS) is 21.6. The number of nitrogens with zero attached hydrogens (tertiary/aromatic N) is 1. The van der Waals surface area contributed by atoms with Crippen LogP contribution in [0.2, 0.25) is 0 Å². The first-order valence-electron chi connectivity index (χ1n) is 5.80. The predicted octanol–water partition coefficient (Wildman–Crippen LogP) is 2.09. The van der Waals surface area contributed by atoms with Crippen molar-refractivity contribution >= 4 is 0 Å². The molecule has 0 saturated carbocycles. The number of aliphatic hydroxyl groups is 1. The lowest BCUT2D eigenvalue weighted by molar-refractivity contribution is 0.152. The van der Waals surface area contributed by atoms with Crippen molar-refractivity contribution in [2.24, 2.45) is 0 Å². The number of likely N-dealkylation sites (tertiary alicyclic amines) is 1. The highest BCUT2D eigenvalue weighted by Gasteiger charge is 2.24. The number of rotatable bonds is 3. The molecule has 0 amide bonds. The molecule has 1 N–H and O–H groups in total. The molecular weight excluding hydrogens is 205 g/mol. The van der Waals surface area contributed by atoms with E-state index in [2.05, 4.69) is 4.90 Å². The summed E-state index contributed by atoms with van der Waals surface area (Å²) in [6.45, 7) is 3.71. The van der Waals surface area contributed by atoms with Gasteiger partial charge in [0.1, 0.15) is 5.82 Å². The fourth-order valence-electron chi connectivity index (χ4n) is 2.35. The van der Waals surface area contributed by atoms with Crippen LogP contribution in [-0.2, 0) is 6.54 Å². The summed E-state index contributed by atoms with van der Waals surface area (Å²) >= 11 is 0. The van der Waals surface area contributed by atoms with Crippen molar-refractivity contribution in [2.75, 3.05) is 13.2 Å². The van der Waals surface area contributed by atoms with Crippen LogP contribution in [0.4, 0.5) is 4.39 Å². The van der Waals surface area contributed by atoms with Crippen LogP contribution in [0.1, 0.15) is 24.0 Å². The highest BCUT2D eigenvalue weighted by atomic mass is 19.1. The van der Waals surface area contributed by atoms with Crippen LogP contribution in [0, 0.1) is 12.7 Å². The number of hydrogen-bond acceptors (Lipinski definition) is 2. The van der Waals surface area contributed by atoms with E-state index in [9.17, 15) is 9.50 Å². The fraction of sp³-hybridized carbons (Fsp3) is 0.538. The van der Waals surface area contributed by atoms with Crippen LogP contribution in [0.25, 0.3) is 0 Å². The van der Waals surface area contributed by atoms with Gasteiger partial charge in [-0.2, -0.15) is 0 Å². The Labute approximate surface area is 95.7 Å². The van der Waals surface area contributed by atoms with Gasteiger partial charge in [0, 0.05) is 18.2 Å². The Bertz CT molecular complexity index is 367. The van der Waals surface area contributed by atoms with Crippen LogP contribution in [0.15, 0.2) is 18.2 Å². The third-order valence-corrected chi connectivity index (χ3v) is 3.28. The number of aliphatic hydroxyl groups excluding tert-OH is 1. The van der Waals surface area contributed by atoms with Crippen LogP contribution in [-0.4, -0.2) is 29.2 Å². The molecule has 1 heterocycles. The van der Waals surface area contributed by atoms with Gasteiger partial charge in [-0.15, -0.1) is 0 Å². The van der Waals surface area contributed by atoms with E-state index in [4.69, 9.17) is 0 Å². The first-order chi connectivity index (χ1) is 7.70. The molecule has 1 saturated heterocycles. The molecule has 1 fully saturated rings.